The van der Waals surface area contributed by atoms with Crippen molar-refractivity contribution in [3.63, 3.8) is 0 Å². The Balaban J connectivity index is 1.60. The van der Waals surface area contributed by atoms with E-state index in [1.54, 1.807) is 12.1 Å². The van der Waals surface area contributed by atoms with Gasteiger partial charge >= 0.3 is 0 Å². The van der Waals surface area contributed by atoms with Crippen LogP contribution in [-0.2, 0) is 6.54 Å². The van der Waals surface area contributed by atoms with Crippen molar-refractivity contribution < 1.29 is 13.9 Å². The maximum absolute atomic E-state index is 12.5. The maximum atomic E-state index is 12.5. The van der Waals surface area contributed by atoms with Crippen molar-refractivity contribution in [3.05, 3.63) is 54.0 Å². The molecule has 1 aromatic heterocycles. The van der Waals surface area contributed by atoms with Crippen molar-refractivity contribution >= 4 is 11.9 Å². The summed E-state index contributed by atoms with van der Waals surface area (Å²) >= 11 is 0. The van der Waals surface area contributed by atoms with Crippen LogP contribution in [0.2, 0.25) is 0 Å². The number of nitrogens with one attached hydrogen (secondary N) is 1. The van der Waals surface area contributed by atoms with Crippen LogP contribution in [0.1, 0.15) is 23.0 Å². The first-order valence-electron chi connectivity index (χ1n) is 10.8. The van der Waals surface area contributed by atoms with E-state index in [1.165, 1.54) is 6.26 Å². The van der Waals surface area contributed by atoms with Gasteiger partial charge in [0.05, 0.1) is 12.8 Å². The lowest BCUT2D eigenvalue weighted by molar-refractivity contribution is 0.0657. The highest BCUT2D eigenvalue weighted by Gasteiger charge is 2.25. The number of amides is 1. The quantitative estimate of drug-likeness (QED) is 0.514. The average molecular weight is 428 g/mol. The standard InChI is InChI=1S/C23H33N5O3/c1-4-24-23(25-18-19-8-5-6-9-20(19)31-17-15-26(2)3)28-13-11-27(12-14-28)22(29)21-10-7-16-30-21/h5-10,16H,4,11-15,17-18H2,1-3H3,(H,24,25). The fraction of sp³-hybridized carbons (Fsp3) is 0.478. The van der Waals surface area contributed by atoms with Gasteiger partial charge in [0, 0.05) is 44.8 Å². The minimum absolute atomic E-state index is 0.0598. The Hall–Kier alpha value is -3.00. The lowest BCUT2D eigenvalue weighted by Crippen LogP contribution is -2.53. The molecule has 1 saturated heterocycles. The number of piperazine rings is 1. The number of para-hydroxylation sites is 1. The van der Waals surface area contributed by atoms with Crippen molar-refractivity contribution in [1.82, 2.24) is 20.0 Å². The minimum Gasteiger partial charge on any atom is -0.492 e. The van der Waals surface area contributed by atoms with Gasteiger partial charge in [0.1, 0.15) is 12.4 Å². The molecule has 2 heterocycles. The molecule has 0 saturated carbocycles. The Labute approximate surface area is 184 Å². The number of likely N-dealkylation sites (N-methyl/N-ethyl adjacent to an activating group) is 1. The number of guanidine groups is 1. The molecule has 1 aromatic carbocycles. The fourth-order valence-electron chi connectivity index (χ4n) is 3.38. The van der Waals surface area contributed by atoms with Crippen LogP contribution in [-0.4, -0.2) is 86.5 Å². The first-order valence-corrected chi connectivity index (χ1v) is 10.8. The summed E-state index contributed by atoms with van der Waals surface area (Å²) in [5.41, 5.74) is 1.06. The van der Waals surface area contributed by atoms with Gasteiger partial charge in [-0.3, -0.25) is 4.79 Å². The van der Waals surface area contributed by atoms with E-state index in [9.17, 15) is 4.79 Å². The second-order valence-corrected chi connectivity index (χ2v) is 7.69. The van der Waals surface area contributed by atoms with Gasteiger partial charge in [-0.2, -0.15) is 0 Å². The molecular formula is C23H33N5O3. The smallest absolute Gasteiger partial charge is 0.289 e. The van der Waals surface area contributed by atoms with Crippen molar-refractivity contribution in [3.8, 4) is 5.75 Å². The predicted octanol–water partition coefficient (Wildman–Crippen LogP) is 2.14. The van der Waals surface area contributed by atoms with Crippen molar-refractivity contribution in [2.75, 3.05) is 60.0 Å². The third-order valence-electron chi connectivity index (χ3n) is 5.10. The summed E-state index contributed by atoms with van der Waals surface area (Å²) in [6.07, 6.45) is 1.53. The molecule has 1 aliphatic rings. The van der Waals surface area contributed by atoms with E-state index in [4.69, 9.17) is 14.1 Å². The van der Waals surface area contributed by atoms with E-state index < -0.39 is 0 Å². The molecule has 0 atom stereocenters. The number of carbonyl (C=O) groups excluding carboxylic acids is 1. The average Bonchev–Trinajstić information content (AvgIpc) is 3.32. The molecular weight excluding hydrogens is 394 g/mol. The molecule has 0 spiro atoms. The van der Waals surface area contributed by atoms with Gasteiger partial charge in [-0.1, -0.05) is 18.2 Å². The fourth-order valence-corrected chi connectivity index (χ4v) is 3.38. The van der Waals surface area contributed by atoms with E-state index in [2.05, 4.69) is 28.1 Å². The van der Waals surface area contributed by atoms with E-state index in [0.717, 1.165) is 43.5 Å². The zero-order chi connectivity index (χ0) is 22.1. The number of aliphatic imine (C=N–C) groups is 1. The Morgan fingerprint density at radius 2 is 1.87 bits per heavy atom. The SMILES string of the molecule is CCNC(=NCc1ccccc1OCCN(C)C)N1CCN(C(=O)c2ccco2)CC1. The number of benzene rings is 1. The van der Waals surface area contributed by atoms with Crippen LogP contribution >= 0.6 is 0 Å². The summed E-state index contributed by atoms with van der Waals surface area (Å²) in [6, 6.07) is 11.5. The molecule has 1 N–H and O–H groups in total. The number of nitrogens with zero attached hydrogens (tertiary/aromatic N) is 4. The predicted molar refractivity (Wildman–Crippen MR) is 121 cm³/mol. The van der Waals surface area contributed by atoms with E-state index in [-0.39, 0.29) is 5.91 Å². The Kier molecular flexibility index (Phi) is 8.35. The summed E-state index contributed by atoms with van der Waals surface area (Å²) in [4.78, 5) is 23.5. The number of rotatable bonds is 8. The molecule has 1 amide bonds. The summed E-state index contributed by atoms with van der Waals surface area (Å²) in [7, 11) is 4.06. The van der Waals surface area contributed by atoms with Crippen LogP contribution < -0.4 is 10.1 Å². The molecule has 1 fully saturated rings. The molecule has 0 aliphatic carbocycles. The number of ether oxygens (including phenoxy) is 1. The largest absolute Gasteiger partial charge is 0.492 e. The van der Waals surface area contributed by atoms with Crippen LogP contribution in [0.25, 0.3) is 0 Å². The van der Waals surface area contributed by atoms with Crippen LogP contribution in [0.3, 0.4) is 0 Å². The second kappa shape index (κ2) is 11.4. The van der Waals surface area contributed by atoms with Crippen molar-refractivity contribution in [2.24, 2.45) is 4.99 Å². The van der Waals surface area contributed by atoms with Crippen LogP contribution in [0.5, 0.6) is 5.75 Å². The van der Waals surface area contributed by atoms with Gasteiger partial charge in [0.25, 0.3) is 5.91 Å². The van der Waals surface area contributed by atoms with Gasteiger partial charge in [-0.05, 0) is 39.2 Å². The third kappa shape index (κ3) is 6.49. The number of hydrogen-bond donors (Lipinski definition) is 1. The van der Waals surface area contributed by atoms with Gasteiger partial charge in [-0.25, -0.2) is 4.99 Å². The normalized spacial score (nSPS) is 14.8. The monoisotopic (exact) mass is 427 g/mol. The van der Waals surface area contributed by atoms with Crippen LogP contribution in [0.15, 0.2) is 52.1 Å². The summed E-state index contributed by atoms with van der Waals surface area (Å²) in [5.74, 6) is 2.06. The molecule has 0 radical (unpaired) electrons. The van der Waals surface area contributed by atoms with Crippen LogP contribution in [0, 0.1) is 0 Å². The summed E-state index contributed by atoms with van der Waals surface area (Å²) < 4.78 is 11.2. The van der Waals surface area contributed by atoms with Crippen molar-refractivity contribution in [1.29, 1.82) is 0 Å². The summed E-state index contributed by atoms with van der Waals surface area (Å²) in [6.45, 7) is 7.59. The molecule has 168 valence electrons. The highest BCUT2D eigenvalue weighted by atomic mass is 16.5. The van der Waals surface area contributed by atoms with E-state index >= 15 is 0 Å². The van der Waals surface area contributed by atoms with Crippen molar-refractivity contribution in [2.45, 2.75) is 13.5 Å². The van der Waals surface area contributed by atoms with Crippen LogP contribution in [0.4, 0.5) is 0 Å². The zero-order valence-electron chi connectivity index (χ0n) is 18.7. The van der Waals surface area contributed by atoms with Gasteiger partial charge in [0.15, 0.2) is 11.7 Å². The Morgan fingerprint density at radius 1 is 1.13 bits per heavy atom. The topological polar surface area (TPSA) is 73.6 Å². The molecule has 3 rings (SSSR count). The third-order valence-corrected chi connectivity index (χ3v) is 5.10. The lowest BCUT2D eigenvalue weighted by Gasteiger charge is -2.36. The molecule has 8 heteroatoms. The molecule has 31 heavy (non-hydrogen) atoms. The second-order valence-electron chi connectivity index (χ2n) is 7.69. The number of hydrogen-bond acceptors (Lipinski definition) is 5. The first kappa shape index (κ1) is 22.7. The van der Waals surface area contributed by atoms with E-state index in [0.29, 0.717) is 32.0 Å². The maximum Gasteiger partial charge on any atom is 0.289 e. The molecule has 2 aromatic rings. The van der Waals surface area contributed by atoms with E-state index in [1.807, 2.05) is 37.2 Å². The minimum atomic E-state index is -0.0598. The number of furan rings is 1. The van der Waals surface area contributed by atoms with Gasteiger partial charge in [-0.15, -0.1) is 0 Å². The highest BCUT2D eigenvalue weighted by Crippen LogP contribution is 2.19. The lowest BCUT2D eigenvalue weighted by atomic mass is 10.2. The summed E-state index contributed by atoms with van der Waals surface area (Å²) in [5, 5.41) is 3.38. The Bertz CT molecular complexity index is 843. The zero-order valence-corrected chi connectivity index (χ0v) is 18.7. The Morgan fingerprint density at radius 3 is 2.55 bits per heavy atom. The van der Waals surface area contributed by atoms with Gasteiger partial charge in [0.2, 0.25) is 0 Å². The highest BCUT2D eigenvalue weighted by molar-refractivity contribution is 5.91. The first-order chi connectivity index (χ1) is 15.1. The van der Waals surface area contributed by atoms with Gasteiger partial charge < -0.3 is 29.2 Å². The molecule has 1 aliphatic heterocycles. The molecule has 8 nitrogen and oxygen atoms in total. The molecule has 0 bridgehead atoms. The molecule has 0 unspecified atom stereocenters. The number of carbonyl (C=O) groups is 1.